The molecular formula is C21H21ClN4O4. The Kier molecular flexibility index (Phi) is 6.43. The average molecular weight is 429 g/mol. The molecule has 0 radical (unpaired) electrons. The number of halogens is 1. The normalized spacial score (nSPS) is 11.8. The molecule has 0 fully saturated rings. The maximum Gasteiger partial charge on any atom is 0.333 e. The van der Waals surface area contributed by atoms with Crippen LogP contribution in [0.2, 0.25) is 5.28 Å². The van der Waals surface area contributed by atoms with Crippen molar-refractivity contribution in [1.82, 2.24) is 18.7 Å². The number of carboxylic acid groups (broad SMARTS) is 1. The van der Waals surface area contributed by atoms with Gasteiger partial charge in [-0.1, -0.05) is 43.2 Å². The monoisotopic (exact) mass is 428 g/mol. The van der Waals surface area contributed by atoms with E-state index >= 15 is 0 Å². The molecule has 0 aliphatic rings. The van der Waals surface area contributed by atoms with Crippen LogP contribution in [0.4, 0.5) is 0 Å². The summed E-state index contributed by atoms with van der Waals surface area (Å²) in [6.07, 6.45) is 0.572. The van der Waals surface area contributed by atoms with E-state index in [1.165, 1.54) is 4.57 Å². The fraction of sp³-hybridized carbons (Fsp3) is 0.333. The van der Waals surface area contributed by atoms with E-state index in [9.17, 15) is 19.5 Å². The Morgan fingerprint density at radius 2 is 1.93 bits per heavy atom. The third-order valence-corrected chi connectivity index (χ3v) is 5.17. The van der Waals surface area contributed by atoms with Crippen LogP contribution in [0.15, 0.2) is 39.9 Å². The van der Waals surface area contributed by atoms with Gasteiger partial charge >= 0.3 is 11.7 Å². The number of hydrogen-bond donors (Lipinski definition) is 1. The first kappa shape index (κ1) is 21.4. The SMILES string of the molecule is CC#CCn1c(Cl)nc2c1c(=O)n(CCc1ccccc1)c(=O)n2C(CC)C(=O)O. The largest absolute Gasteiger partial charge is 0.480 e. The lowest BCUT2D eigenvalue weighted by atomic mass is 10.1. The van der Waals surface area contributed by atoms with Crippen molar-refractivity contribution in [2.24, 2.45) is 0 Å². The van der Waals surface area contributed by atoms with Crippen molar-refractivity contribution in [3.05, 3.63) is 62.0 Å². The summed E-state index contributed by atoms with van der Waals surface area (Å²) in [7, 11) is 0. The van der Waals surface area contributed by atoms with Gasteiger partial charge in [0.05, 0.1) is 6.54 Å². The molecule has 3 rings (SSSR count). The molecule has 0 amide bonds. The molecule has 1 unspecified atom stereocenters. The van der Waals surface area contributed by atoms with Crippen molar-refractivity contribution in [3.63, 3.8) is 0 Å². The topological polar surface area (TPSA) is 99.1 Å². The molecule has 0 saturated heterocycles. The van der Waals surface area contributed by atoms with Crippen molar-refractivity contribution in [2.75, 3.05) is 0 Å². The number of hydrogen-bond acceptors (Lipinski definition) is 4. The lowest BCUT2D eigenvalue weighted by Crippen LogP contribution is -2.43. The average Bonchev–Trinajstić information content (AvgIpc) is 3.05. The summed E-state index contributed by atoms with van der Waals surface area (Å²) in [5.41, 5.74) is -0.322. The molecule has 1 N–H and O–H groups in total. The molecule has 30 heavy (non-hydrogen) atoms. The highest BCUT2D eigenvalue weighted by atomic mass is 35.5. The number of rotatable bonds is 7. The number of nitrogens with zero attached hydrogens (tertiary/aromatic N) is 4. The quantitative estimate of drug-likeness (QED) is 0.460. The third-order valence-electron chi connectivity index (χ3n) is 4.88. The van der Waals surface area contributed by atoms with Gasteiger partial charge in [-0.3, -0.25) is 18.5 Å². The summed E-state index contributed by atoms with van der Waals surface area (Å²) in [4.78, 5) is 42.4. The fourth-order valence-corrected chi connectivity index (χ4v) is 3.59. The van der Waals surface area contributed by atoms with E-state index in [-0.39, 0.29) is 36.0 Å². The Bertz CT molecular complexity index is 1260. The number of carbonyl (C=O) groups is 1. The number of aryl methyl sites for hydroxylation is 1. The lowest BCUT2D eigenvalue weighted by Gasteiger charge is -2.17. The summed E-state index contributed by atoms with van der Waals surface area (Å²) >= 11 is 6.23. The van der Waals surface area contributed by atoms with Crippen molar-refractivity contribution in [2.45, 2.75) is 45.8 Å². The summed E-state index contributed by atoms with van der Waals surface area (Å²) in [6, 6.07) is 8.23. The number of aromatic nitrogens is 4. The highest BCUT2D eigenvalue weighted by Crippen LogP contribution is 2.20. The highest BCUT2D eigenvalue weighted by molar-refractivity contribution is 6.29. The van der Waals surface area contributed by atoms with Crippen LogP contribution in [0, 0.1) is 11.8 Å². The van der Waals surface area contributed by atoms with E-state index in [1.54, 1.807) is 13.8 Å². The molecule has 3 aromatic rings. The maximum atomic E-state index is 13.2. The Balaban J connectivity index is 2.29. The molecule has 0 bridgehead atoms. The second-order valence-corrected chi connectivity index (χ2v) is 7.01. The van der Waals surface area contributed by atoms with Crippen LogP contribution in [-0.2, 0) is 24.3 Å². The van der Waals surface area contributed by atoms with Crippen molar-refractivity contribution in [1.29, 1.82) is 0 Å². The molecule has 1 atom stereocenters. The van der Waals surface area contributed by atoms with Crippen molar-refractivity contribution < 1.29 is 9.90 Å². The molecule has 0 aliphatic heterocycles. The number of aliphatic carboxylic acids is 1. The van der Waals surface area contributed by atoms with Crippen LogP contribution in [-0.4, -0.2) is 29.8 Å². The number of carboxylic acids is 1. The first-order valence-corrected chi connectivity index (χ1v) is 9.85. The van der Waals surface area contributed by atoms with E-state index in [2.05, 4.69) is 16.8 Å². The Morgan fingerprint density at radius 1 is 1.23 bits per heavy atom. The van der Waals surface area contributed by atoms with Crippen LogP contribution < -0.4 is 11.2 Å². The maximum absolute atomic E-state index is 13.2. The van der Waals surface area contributed by atoms with Gasteiger partial charge in [-0.25, -0.2) is 9.59 Å². The predicted molar refractivity (Wildman–Crippen MR) is 114 cm³/mol. The molecule has 156 valence electrons. The van der Waals surface area contributed by atoms with E-state index in [0.29, 0.717) is 6.42 Å². The second-order valence-electron chi connectivity index (χ2n) is 6.67. The molecule has 0 saturated carbocycles. The lowest BCUT2D eigenvalue weighted by molar-refractivity contribution is -0.141. The zero-order chi connectivity index (χ0) is 21.8. The van der Waals surface area contributed by atoms with Crippen molar-refractivity contribution >= 4 is 28.7 Å². The van der Waals surface area contributed by atoms with E-state index in [1.807, 2.05) is 30.3 Å². The van der Waals surface area contributed by atoms with E-state index in [0.717, 1.165) is 14.7 Å². The van der Waals surface area contributed by atoms with Gasteiger partial charge in [-0.05, 0) is 36.9 Å². The molecule has 0 aliphatic carbocycles. The second kappa shape index (κ2) is 9.01. The van der Waals surface area contributed by atoms with Gasteiger partial charge < -0.3 is 5.11 Å². The van der Waals surface area contributed by atoms with Crippen LogP contribution in [0.3, 0.4) is 0 Å². The van der Waals surface area contributed by atoms with Gasteiger partial charge in [-0.2, -0.15) is 4.98 Å². The minimum Gasteiger partial charge on any atom is -0.480 e. The Hall–Kier alpha value is -3.31. The van der Waals surface area contributed by atoms with E-state index < -0.39 is 23.3 Å². The number of fused-ring (bicyclic) bond motifs is 1. The van der Waals surface area contributed by atoms with Crippen molar-refractivity contribution in [3.8, 4) is 11.8 Å². The fourth-order valence-electron chi connectivity index (χ4n) is 3.36. The summed E-state index contributed by atoms with van der Waals surface area (Å²) < 4.78 is 3.50. The zero-order valence-corrected chi connectivity index (χ0v) is 17.4. The Morgan fingerprint density at radius 3 is 2.53 bits per heavy atom. The third kappa shape index (κ3) is 3.89. The number of benzene rings is 1. The van der Waals surface area contributed by atoms with Gasteiger partial charge in [0.25, 0.3) is 5.56 Å². The first-order chi connectivity index (χ1) is 14.4. The van der Waals surface area contributed by atoms with E-state index in [4.69, 9.17) is 11.6 Å². The van der Waals surface area contributed by atoms with Gasteiger partial charge in [-0.15, -0.1) is 5.92 Å². The summed E-state index contributed by atoms with van der Waals surface area (Å²) in [5, 5.41) is 9.63. The van der Waals surface area contributed by atoms with Gasteiger partial charge in [0.1, 0.15) is 6.04 Å². The molecule has 8 nitrogen and oxygen atoms in total. The van der Waals surface area contributed by atoms with Crippen LogP contribution in [0.5, 0.6) is 0 Å². The molecule has 2 heterocycles. The van der Waals surface area contributed by atoms with Crippen LogP contribution in [0.25, 0.3) is 11.2 Å². The summed E-state index contributed by atoms with van der Waals surface area (Å²) in [5.74, 6) is 4.37. The molecular weight excluding hydrogens is 408 g/mol. The van der Waals surface area contributed by atoms with Gasteiger partial charge in [0, 0.05) is 6.54 Å². The van der Waals surface area contributed by atoms with Crippen LogP contribution >= 0.6 is 11.6 Å². The standard InChI is InChI=1S/C21H21ClN4O4/c1-3-5-12-24-16-17(23-20(24)22)26(15(4-2)19(28)29)21(30)25(18(16)27)13-11-14-9-7-6-8-10-14/h6-10,15H,4,11-13H2,1-2H3,(H,28,29). The zero-order valence-electron chi connectivity index (χ0n) is 16.6. The van der Waals surface area contributed by atoms with Crippen LogP contribution in [0.1, 0.15) is 31.9 Å². The number of imidazole rings is 1. The molecule has 0 spiro atoms. The molecule has 9 heteroatoms. The predicted octanol–water partition coefficient (Wildman–Crippen LogP) is 2.31. The first-order valence-electron chi connectivity index (χ1n) is 9.48. The summed E-state index contributed by atoms with van der Waals surface area (Å²) in [6.45, 7) is 3.49. The Labute approximate surface area is 177 Å². The van der Waals surface area contributed by atoms with Gasteiger partial charge in [0.15, 0.2) is 11.2 Å². The minimum atomic E-state index is -1.19. The van der Waals surface area contributed by atoms with Gasteiger partial charge in [0.2, 0.25) is 5.28 Å². The smallest absolute Gasteiger partial charge is 0.333 e. The highest BCUT2D eigenvalue weighted by Gasteiger charge is 2.27. The minimum absolute atomic E-state index is 0.0287. The molecule has 2 aromatic heterocycles. The molecule has 1 aromatic carbocycles.